The van der Waals surface area contributed by atoms with E-state index < -0.39 is 5.97 Å². The smallest absolute Gasteiger partial charge is 0.307 e. The molecule has 1 heterocycles. The molecule has 0 aromatic heterocycles. The molecule has 2 aromatic carbocycles. The van der Waals surface area contributed by atoms with E-state index in [2.05, 4.69) is 23.3 Å². The second-order valence-corrected chi connectivity index (χ2v) is 8.86. The molecule has 1 N–H and O–H groups in total. The Morgan fingerprint density at radius 3 is 2.58 bits per heavy atom. The molecule has 0 bridgehead atoms. The lowest BCUT2D eigenvalue weighted by Crippen LogP contribution is -2.31. The summed E-state index contributed by atoms with van der Waals surface area (Å²) >= 11 is 0. The van der Waals surface area contributed by atoms with Crippen molar-refractivity contribution in [2.45, 2.75) is 38.6 Å². The Morgan fingerprint density at radius 1 is 1.18 bits per heavy atom. The second kappa shape index (κ2) is 9.65. The van der Waals surface area contributed by atoms with Gasteiger partial charge in [0.2, 0.25) is 5.91 Å². The van der Waals surface area contributed by atoms with Gasteiger partial charge < -0.3 is 14.7 Å². The van der Waals surface area contributed by atoms with Gasteiger partial charge in [-0.2, -0.15) is 5.10 Å². The van der Waals surface area contributed by atoms with Crippen molar-refractivity contribution in [3.8, 4) is 16.9 Å². The average molecular weight is 450 g/mol. The maximum atomic E-state index is 12.9. The summed E-state index contributed by atoms with van der Waals surface area (Å²) in [4.78, 5) is 26.1. The molecule has 33 heavy (non-hydrogen) atoms. The van der Waals surface area contributed by atoms with E-state index in [0.717, 1.165) is 41.6 Å². The molecule has 1 atom stereocenters. The molecule has 1 aliphatic heterocycles. The highest BCUT2D eigenvalue weighted by molar-refractivity contribution is 5.82. The fraction of sp³-hybridized carbons (Fsp3) is 0.423. The summed E-state index contributed by atoms with van der Waals surface area (Å²) in [6.07, 6.45) is 3.84. The van der Waals surface area contributed by atoms with Gasteiger partial charge in [0, 0.05) is 50.3 Å². The number of hydrazone groups is 1. The number of benzene rings is 2. The third-order valence-electron chi connectivity index (χ3n) is 6.35. The van der Waals surface area contributed by atoms with Crippen molar-refractivity contribution in [1.82, 2.24) is 9.91 Å². The van der Waals surface area contributed by atoms with Crippen molar-refractivity contribution in [2.75, 3.05) is 27.2 Å². The summed E-state index contributed by atoms with van der Waals surface area (Å²) in [5.74, 6) is 0.357. The first-order chi connectivity index (χ1) is 15.9. The van der Waals surface area contributed by atoms with Crippen LogP contribution in [0.5, 0.6) is 5.75 Å². The highest BCUT2D eigenvalue weighted by Gasteiger charge is 2.33. The van der Waals surface area contributed by atoms with Crippen LogP contribution in [-0.2, 0) is 22.6 Å². The molecule has 1 amide bonds. The van der Waals surface area contributed by atoms with E-state index in [0.29, 0.717) is 24.4 Å². The van der Waals surface area contributed by atoms with Gasteiger partial charge >= 0.3 is 5.97 Å². The topological polar surface area (TPSA) is 82.4 Å². The van der Waals surface area contributed by atoms with Crippen molar-refractivity contribution in [3.05, 3.63) is 53.1 Å². The van der Waals surface area contributed by atoms with Crippen LogP contribution >= 0.6 is 0 Å². The standard InChI is InChI=1S/C26H31N3O4/c1-4-29(26(32)18-6-7-18)16-20-13-19(21-14-27-28(2)15-21)8-9-22(20)23-11-17(12-25(30)31)5-10-24(23)33-3/h5,8-11,13-14,18,21H,4,6-7,12,15-16H2,1-3H3,(H,30,31). The lowest BCUT2D eigenvalue weighted by molar-refractivity contribution is -0.136. The number of carboxylic acid groups (broad SMARTS) is 1. The van der Waals surface area contributed by atoms with Gasteiger partial charge in [0.25, 0.3) is 0 Å². The maximum Gasteiger partial charge on any atom is 0.307 e. The number of hydrogen-bond donors (Lipinski definition) is 1. The number of amides is 1. The summed E-state index contributed by atoms with van der Waals surface area (Å²) < 4.78 is 5.63. The van der Waals surface area contributed by atoms with E-state index in [9.17, 15) is 14.7 Å². The zero-order chi connectivity index (χ0) is 23.5. The SMILES string of the molecule is CCN(Cc1cc(C2C=NN(C)C2)ccc1-c1cc(CC(=O)O)ccc1OC)C(=O)C1CC1. The van der Waals surface area contributed by atoms with Gasteiger partial charge in [0.15, 0.2) is 0 Å². The van der Waals surface area contributed by atoms with E-state index in [4.69, 9.17) is 4.74 Å². The van der Waals surface area contributed by atoms with E-state index in [1.807, 2.05) is 42.2 Å². The Morgan fingerprint density at radius 2 is 1.97 bits per heavy atom. The first-order valence-electron chi connectivity index (χ1n) is 11.5. The predicted octanol–water partition coefficient (Wildman–Crippen LogP) is 3.76. The van der Waals surface area contributed by atoms with Gasteiger partial charge in [-0.15, -0.1) is 0 Å². The summed E-state index contributed by atoms with van der Waals surface area (Å²) in [6, 6.07) is 11.8. The molecule has 0 radical (unpaired) electrons. The molecule has 1 unspecified atom stereocenters. The number of methoxy groups -OCH3 is 1. The molecular weight excluding hydrogens is 418 g/mol. The number of likely N-dealkylation sites (N-methyl/N-ethyl adjacent to an activating group) is 1. The molecule has 1 fully saturated rings. The van der Waals surface area contributed by atoms with E-state index in [-0.39, 0.29) is 24.2 Å². The maximum absolute atomic E-state index is 12.9. The monoisotopic (exact) mass is 449 g/mol. The van der Waals surface area contributed by atoms with Crippen LogP contribution < -0.4 is 4.74 Å². The first kappa shape index (κ1) is 22.8. The Hall–Kier alpha value is -3.35. The fourth-order valence-electron chi connectivity index (χ4n) is 4.39. The van der Waals surface area contributed by atoms with Crippen molar-refractivity contribution < 1.29 is 19.4 Å². The second-order valence-electron chi connectivity index (χ2n) is 8.86. The minimum Gasteiger partial charge on any atom is -0.496 e. The Balaban J connectivity index is 1.77. The minimum absolute atomic E-state index is 0.0590. The summed E-state index contributed by atoms with van der Waals surface area (Å²) in [7, 11) is 3.57. The summed E-state index contributed by atoms with van der Waals surface area (Å²) in [6.45, 7) is 3.97. The fourth-order valence-corrected chi connectivity index (χ4v) is 4.39. The van der Waals surface area contributed by atoms with Crippen LogP contribution in [-0.4, -0.2) is 60.4 Å². The van der Waals surface area contributed by atoms with Gasteiger partial charge in [0.05, 0.1) is 13.5 Å². The van der Waals surface area contributed by atoms with Crippen LogP contribution in [0.1, 0.15) is 42.4 Å². The van der Waals surface area contributed by atoms with Crippen LogP contribution in [0.25, 0.3) is 11.1 Å². The van der Waals surface area contributed by atoms with Gasteiger partial charge in [-0.05, 0) is 54.2 Å². The molecule has 0 saturated heterocycles. The van der Waals surface area contributed by atoms with Crippen LogP contribution in [0, 0.1) is 5.92 Å². The average Bonchev–Trinajstić information content (AvgIpc) is 3.56. The highest BCUT2D eigenvalue weighted by Crippen LogP contribution is 2.37. The van der Waals surface area contributed by atoms with Gasteiger partial charge in [-0.25, -0.2) is 0 Å². The largest absolute Gasteiger partial charge is 0.496 e. The van der Waals surface area contributed by atoms with Crippen LogP contribution in [0.4, 0.5) is 0 Å². The van der Waals surface area contributed by atoms with Gasteiger partial charge in [-0.3, -0.25) is 14.6 Å². The number of nitrogens with zero attached hydrogens (tertiary/aromatic N) is 3. The van der Waals surface area contributed by atoms with Crippen molar-refractivity contribution in [2.24, 2.45) is 11.0 Å². The summed E-state index contributed by atoms with van der Waals surface area (Å²) in [5, 5.41) is 15.6. The molecule has 2 aromatic rings. The molecule has 1 aliphatic carbocycles. The number of carboxylic acids is 1. The molecule has 1 saturated carbocycles. The molecule has 7 nitrogen and oxygen atoms in total. The number of rotatable bonds is 9. The molecular formula is C26H31N3O4. The van der Waals surface area contributed by atoms with Crippen LogP contribution in [0.2, 0.25) is 0 Å². The Kier molecular flexibility index (Phi) is 6.67. The zero-order valence-electron chi connectivity index (χ0n) is 19.5. The number of hydrogen-bond acceptors (Lipinski definition) is 5. The number of carbonyl (C=O) groups is 2. The van der Waals surface area contributed by atoms with Gasteiger partial charge in [0.1, 0.15) is 5.75 Å². The number of aliphatic carboxylic acids is 1. The molecule has 7 heteroatoms. The van der Waals surface area contributed by atoms with Crippen molar-refractivity contribution in [3.63, 3.8) is 0 Å². The first-order valence-corrected chi connectivity index (χ1v) is 11.5. The van der Waals surface area contributed by atoms with E-state index >= 15 is 0 Å². The quantitative estimate of drug-likeness (QED) is 0.630. The Bertz CT molecular complexity index is 1080. The highest BCUT2D eigenvalue weighted by atomic mass is 16.5. The Labute approximate surface area is 194 Å². The molecule has 0 spiro atoms. The van der Waals surface area contributed by atoms with E-state index in [1.165, 1.54) is 0 Å². The lowest BCUT2D eigenvalue weighted by atomic mass is 9.91. The number of ether oxygens (including phenoxy) is 1. The third-order valence-corrected chi connectivity index (χ3v) is 6.35. The van der Waals surface area contributed by atoms with Crippen LogP contribution in [0.15, 0.2) is 41.5 Å². The zero-order valence-corrected chi connectivity index (χ0v) is 19.5. The predicted molar refractivity (Wildman–Crippen MR) is 127 cm³/mol. The lowest BCUT2D eigenvalue weighted by Gasteiger charge is -2.24. The number of carbonyl (C=O) groups excluding carboxylic acids is 1. The normalized spacial score (nSPS) is 17.3. The van der Waals surface area contributed by atoms with Gasteiger partial charge in [-0.1, -0.05) is 24.3 Å². The van der Waals surface area contributed by atoms with Crippen LogP contribution in [0.3, 0.4) is 0 Å². The minimum atomic E-state index is -0.876. The van der Waals surface area contributed by atoms with Crippen molar-refractivity contribution >= 4 is 18.1 Å². The van der Waals surface area contributed by atoms with E-state index in [1.54, 1.807) is 13.2 Å². The third kappa shape index (κ3) is 5.18. The van der Waals surface area contributed by atoms with Crippen molar-refractivity contribution in [1.29, 1.82) is 0 Å². The summed E-state index contributed by atoms with van der Waals surface area (Å²) in [5.41, 5.74) is 4.67. The molecule has 4 rings (SSSR count). The molecule has 174 valence electrons. The molecule has 2 aliphatic rings.